The summed E-state index contributed by atoms with van der Waals surface area (Å²) in [6, 6.07) is 5.87. The number of anilines is 1. The highest BCUT2D eigenvalue weighted by Crippen LogP contribution is 2.33. The minimum absolute atomic E-state index is 0.0472. The molecule has 2 aliphatic rings. The van der Waals surface area contributed by atoms with Crippen LogP contribution in [-0.2, 0) is 22.7 Å². The molecule has 0 aromatic heterocycles. The SMILES string of the molecule is CC.COc1ccc(F)c(CNc2cc(F)cc3c2CN(C2CCC(=O)NC2=O)C3=O)c1. The van der Waals surface area contributed by atoms with Gasteiger partial charge < -0.3 is 15.0 Å². The second-order valence-electron chi connectivity index (χ2n) is 7.19. The molecule has 170 valence electrons. The van der Waals surface area contributed by atoms with Crippen LogP contribution in [0.1, 0.15) is 48.2 Å². The van der Waals surface area contributed by atoms with Crippen molar-refractivity contribution in [2.24, 2.45) is 0 Å². The third-order valence-corrected chi connectivity index (χ3v) is 5.34. The number of benzene rings is 2. The van der Waals surface area contributed by atoms with Crippen LogP contribution in [0.3, 0.4) is 0 Å². The molecule has 0 bridgehead atoms. The summed E-state index contributed by atoms with van der Waals surface area (Å²) in [6.07, 6.45) is 0.343. The van der Waals surface area contributed by atoms with Gasteiger partial charge in [-0.15, -0.1) is 0 Å². The fourth-order valence-corrected chi connectivity index (χ4v) is 3.79. The smallest absolute Gasteiger partial charge is 0.255 e. The van der Waals surface area contributed by atoms with E-state index in [-0.39, 0.29) is 37.4 Å². The zero-order valence-electron chi connectivity index (χ0n) is 18.1. The van der Waals surface area contributed by atoms with E-state index in [4.69, 9.17) is 4.74 Å². The summed E-state index contributed by atoms with van der Waals surface area (Å²) in [6.45, 7) is 4.13. The van der Waals surface area contributed by atoms with Gasteiger partial charge in [0.05, 0.1) is 7.11 Å². The molecule has 2 heterocycles. The van der Waals surface area contributed by atoms with Gasteiger partial charge in [0.15, 0.2) is 0 Å². The fraction of sp³-hybridized carbons (Fsp3) is 0.348. The highest BCUT2D eigenvalue weighted by molar-refractivity contribution is 6.06. The van der Waals surface area contributed by atoms with E-state index >= 15 is 0 Å². The van der Waals surface area contributed by atoms with E-state index in [1.807, 2.05) is 13.8 Å². The Kier molecular flexibility index (Phi) is 7.07. The van der Waals surface area contributed by atoms with E-state index < -0.39 is 29.5 Å². The van der Waals surface area contributed by atoms with Crippen molar-refractivity contribution in [1.82, 2.24) is 10.2 Å². The summed E-state index contributed by atoms with van der Waals surface area (Å²) < 4.78 is 33.4. The average Bonchev–Trinajstić information content (AvgIpc) is 3.10. The molecule has 1 saturated heterocycles. The van der Waals surface area contributed by atoms with E-state index in [2.05, 4.69) is 10.6 Å². The van der Waals surface area contributed by atoms with Crippen molar-refractivity contribution in [2.45, 2.75) is 45.8 Å². The Balaban J connectivity index is 0.00000141. The van der Waals surface area contributed by atoms with Gasteiger partial charge >= 0.3 is 0 Å². The molecule has 7 nitrogen and oxygen atoms in total. The molecule has 1 fully saturated rings. The van der Waals surface area contributed by atoms with Gasteiger partial charge in [0.2, 0.25) is 11.8 Å². The normalized spacial score (nSPS) is 17.3. The average molecular weight is 445 g/mol. The quantitative estimate of drug-likeness (QED) is 0.689. The van der Waals surface area contributed by atoms with Crippen LogP contribution in [0.2, 0.25) is 0 Å². The molecular formula is C23H25F2N3O4. The van der Waals surface area contributed by atoms with Crippen LogP contribution < -0.4 is 15.4 Å². The highest BCUT2D eigenvalue weighted by atomic mass is 19.1. The summed E-state index contributed by atoms with van der Waals surface area (Å²) in [5.41, 5.74) is 1.33. The van der Waals surface area contributed by atoms with E-state index in [1.165, 1.54) is 36.3 Å². The lowest BCUT2D eigenvalue weighted by Gasteiger charge is -2.29. The molecule has 2 aromatic rings. The van der Waals surface area contributed by atoms with Crippen molar-refractivity contribution in [3.63, 3.8) is 0 Å². The number of nitrogens with zero attached hydrogens (tertiary/aromatic N) is 1. The van der Waals surface area contributed by atoms with Crippen molar-refractivity contribution < 1.29 is 27.9 Å². The Morgan fingerprint density at radius 1 is 1.16 bits per heavy atom. The van der Waals surface area contributed by atoms with Gasteiger partial charge in [-0.3, -0.25) is 19.7 Å². The molecule has 0 radical (unpaired) electrons. The van der Waals surface area contributed by atoms with Crippen molar-refractivity contribution in [3.8, 4) is 5.75 Å². The number of ether oxygens (including phenoxy) is 1. The Hall–Kier alpha value is -3.49. The summed E-state index contributed by atoms with van der Waals surface area (Å²) in [4.78, 5) is 37.7. The molecule has 9 heteroatoms. The second kappa shape index (κ2) is 9.76. The molecule has 1 unspecified atom stereocenters. The maximum absolute atomic E-state index is 14.2. The van der Waals surface area contributed by atoms with Crippen molar-refractivity contribution >= 4 is 23.4 Å². The van der Waals surface area contributed by atoms with Crippen molar-refractivity contribution in [1.29, 1.82) is 0 Å². The van der Waals surface area contributed by atoms with E-state index in [0.29, 0.717) is 22.6 Å². The molecule has 0 spiro atoms. The topological polar surface area (TPSA) is 87.7 Å². The molecule has 3 amide bonds. The van der Waals surface area contributed by atoms with Gasteiger partial charge in [-0.05, 0) is 36.8 Å². The lowest BCUT2D eigenvalue weighted by molar-refractivity contribution is -0.136. The fourth-order valence-electron chi connectivity index (χ4n) is 3.79. The summed E-state index contributed by atoms with van der Waals surface area (Å²) in [5.74, 6) is -1.99. The zero-order chi connectivity index (χ0) is 23.4. The molecule has 32 heavy (non-hydrogen) atoms. The molecule has 1 atom stereocenters. The number of carbonyl (C=O) groups is 3. The molecule has 2 aliphatic heterocycles. The van der Waals surface area contributed by atoms with Gasteiger partial charge in [-0.2, -0.15) is 0 Å². The number of fused-ring (bicyclic) bond motifs is 1. The second-order valence-corrected chi connectivity index (χ2v) is 7.19. The molecule has 0 aliphatic carbocycles. The Labute approximate surface area is 184 Å². The summed E-state index contributed by atoms with van der Waals surface area (Å²) >= 11 is 0. The molecule has 2 N–H and O–H groups in total. The van der Waals surface area contributed by atoms with E-state index in [9.17, 15) is 23.2 Å². The van der Waals surface area contributed by atoms with Gasteiger partial charge in [0, 0.05) is 41.9 Å². The maximum atomic E-state index is 14.2. The first kappa shape index (κ1) is 23.2. The molecule has 0 saturated carbocycles. The number of nitrogens with one attached hydrogen (secondary N) is 2. The first-order valence-electron chi connectivity index (χ1n) is 10.4. The zero-order valence-corrected chi connectivity index (χ0v) is 18.1. The van der Waals surface area contributed by atoms with Crippen LogP contribution in [0.5, 0.6) is 5.75 Å². The first-order valence-corrected chi connectivity index (χ1v) is 10.4. The van der Waals surface area contributed by atoms with E-state index in [1.54, 1.807) is 0 Å². The Morgan fingerprint density at radius 2 is 1.91 bits per heavy atom. The van der Waals surface area contributed by atoms with Crippen LogP contribution in [0.15, 0.2) is 30.3 Å². The summed E-state index contributed by atoms with van der Waals surface area (Å²) in [7, 11) is 1.47. The van der Waals surface area contributed by atoms with Gasteiger partial charge in [-0.1, -0.05) is 13.8 Å². The number of rotatable bonds is 5. The van der Waals surface area contributed by atoms with Crippen LogP contribution in [-0.4, -0.2) is 35.8 Å². The number of amides is 3. The van der Waals surface area contributed by atoms with Crippen molar-refractivity contribution in [3.05, 3.63) is 58.7 Å². The van der Waals surface area contributed by atoms with E-state index in [0.717, 1.165) is 6.07 Å². The van der Waals surface area contributed by atoms with Gasteiger partial charge in [0.25, 0.3) is 5.91 Å². The predicted molar refractivity (Wildman–Crippen MR) is 114 cm³/mol. The summed E-state index contributed by atoms with van der Waals surface area (Å²) in [5, 5.41) is 5.22. The van der Waals surface area contributed by atoms with Gasteiger partial charge in [0.1, 0.15) is 23.4 Å². The van der Waals surface area contributed by atoms with Crippen LogP contribution in [0.25, 0.3) is 0 Å². The lowest BCUT2D eigenvalue weighted by atomic mass is 10.0. The number of carbonyl (C=O) groups excluding carboxylic acids is 3. The molecular weight excluding hydrogens is 420 g/mol. The highest BCUT2D eigenvalue weighted by Gasteiger charge is 2.40. The number of hydrogen-bond acceptors (Lipinski definition) is 5. The Morgan fingerprint density at radius 3 is 2.59 bits per heavy atom. The van der Waals surface area contributed by atoms with Crippen LogP contribution >= 0.6 is 0 Å². The van der Waals surface area contributed by atoms with Gasteiger partial charge in [-0.25, -0.2) is 8.78 Å². The lowest BCUT2D eigenvalue weighted by Crippen LogP contribution is -2.52. The first-order chi connectivity index (χ1) is 15.4. The van der Waals surface area contributed by atoms with Crippen LogP contribution in [0, 0.1) is 11.6 Å². The Bertz CT molecular complexity index is 1060. The third-order valence-electron chi connectivity index (χ3n) is 5.34. The molecule has 4 rings (SSSR count). The third kappa shape index (κ3) is 4.56. The predicted octanol–water partition coefficient (Wildman–Crippen LogP) is 3.37. The minimum Gasteiger partial charge on any atom is -0.497 e. The standard InChI is InChI=1S/C21H19F2N3O4.C2H6/c1-30-13-2-3-16(23)11(6-13)9-24-17-8-12(22)7-14-15(17)10-26(21(14)29)18-4-5-19(27)25-20(18)28;1-2/h2-3,6-8,18,24H,4-5,9-10H2,1H3,(H,25,27,28);1-2H3. The maximum Gasteiger partial charge on any atom is 0.255 e. The number of piperidine rings is 1. The molecule has 2 aromatic carbocycles. The number of imide groups is 1. The van der Waals surface area contributed by atoms with Crippen LogP contribution in [0.4, 0.5) is 14.5 Å². The number of methoxy groups -OCH3 is 1. The number of hydrogen-bond donors (Lipinski definition) is 2. The van der Waals surface area contributed by atoms with Crippen molar-refractivity contribution in [2.75, 3.05) is 12.4 Å². The minimum atomic E-state index is -0.797. The monoisotopic (exact) mass is 445 g/mol. The largest absolute Gasteiger partial charge is 0.497 e. The number of halogens is 2.